The maximum absolute atomic E-state index is 12.7. The number of rotatable bonds is 66. The molecule has 2 atom stereocenters. The molecule has 0 aliphatic heterocycles. The Kier molecular flexibility index (Phi) is 58.7. The van der Waals surface area contributed by atoms with Gasteiger partial charge in [0, 0.05) is 64.2 Å². The van der Waals surface area contributed by atoms with Gasteiger partial charge in [0.25, 0.3) is 11.9 Å². The van der Waals surface area contributed by atoms with Crippen LogP contribution in [0, 0.1) is 0 Å². The first-order chi connectivity index (χ1) is 38.4. The summed E-state index contributed by atoms with van der Waals surface area (Å²) in [6.07, 6.45) is 61.0. The van der Waals surface area contributed by atoms with Gasteiger partial charge in [-0.1, -0.05) is 257 Å². The molecule has 0 saturated heterocycles. The van der Waals surface area contributed by atoms with Crippen molar-refractivity contribution in [3.8, 4) is 0 Å². The van der Waals surface area contributed by atoms with Gasteiger partial charge < -0.3 is 56.2 Å². The van der Waals surface area contributed by atoms with E-state index in [0.717, 1.165) is 129 Å². The number of nitrogens with one attached hydrogen (secondary N) is 2. The molecule has 2 amide bonds. The molecule has 10 N–H and O–H groups in total. The molecule has 79 heavy (non-hydrogen) atoms. The monoisotopic (exact) mass is 1130 g/mol. The molecule has 0 rings (SSSR count). The van der Waals surface area contributed by atoms with E-state index in [2.05, 4.69) is 10.6 Å². The first-order valence-corrected chi connectivity index (χ1v) is 34.1. The molecule has 0 aromatic heterocycles. The smallest absolute Gasteiger partial charge is 0.275 e. The van der Waals surface area contributed by atoms with Crippen LogP contribution in [-0.4, -0.2) is 103 Å². The van der Waals surface area contributed by atoms with Crippen LogP contribution in [-0.2, 0) is 14.3 Å². The zero-order valence-electron chi connectivity index (χ0n) is 51.4. The van der Waals surface area contributed by atoms with Gasteiger partial charge in [0.15, 0.2) is 0 Å². The van der Waals surface area contributed by atoms with E-state index in [-0.39, 0.29) is 50.0 Å². The van der Waals surface area contributed by atoms with E-state index in [1.165, 1.54) is 205 Å². The Hall–Kier alpha value is -1.42. The summed E-state index contributed by atoms with van der Waals surface area (Å²) in [5.74, 6) is -4.69. The molecule has 0 aromatic carbocycles. The van der Waals surface area contributed by atoms with Crippen LogP contribution in [0.2, 0.25) is 0 Å². The van der Waals surface area contributed by atoms with Crippen molar-refractivity contribution in [2.75, 3.05) is 26.4 Å². The second-order valence-corrected chi connectivity index (χ2v) is 24.3. The van der Waals surface area contributed by atoms with Crippen molar-refractivity contribution >= 4 is 11.8 Å². The van der Waals surface area contributed by atoms with E-state index in [1.807, 2.05) is 0 Å². The largest absolute Gasteiger partial charge is 0.396 e. The standard InChI is InChI=1S/C66H132N2O11/c69-57-47-51-61(67-63(71)53-41-33-25-17-9-1-3-11-19-27-35-43-55-65(73,74)75)49-39-31-23-15-7-5-13-21-29-37-45-59-79-60-46-38-30-22-14-6-8-16-24-32-40-50-62(52-48-58-70)68-64(72)54-42-34-26-18-10-2-4-12-20-28-36-44-56-66(76,77)78/h61-62,69-70,73-78H,1-60H2,(H,67,71)(H,68,72). The van der Waals surface area contributed by atoms with Crippen LogP contribution >= 0.6 is 0 Å². The molecule has 2 unspecified atom stereocenters. The molecule has 472 valence electrons. The molecular weight excluding hydrogens is 997 g/mol. The Labute approximate surface area is 485 Å². The molecular formula is C66H132N2O11. The zero-order chi connectivity index (χ0) is 57.9. The number of carbonyl (C=O) groups excluding carboxylic acids is 2. The number of hydrogen-bond donors (Lipinski definition) is 10. The second kappa shape index (κ2) is 59.7. The summed E-state index contributed by atoms with van der Waals surface area (Å²) in [6.45, 7) is 2.18. The highest BCUT2D eigenvalue weighted by Gasteiger charge is 2.18. The maximum atomic E-state index is 12.7. The molecule has 0 aliphatic rings. The lowest BCUT2D eigenvalue weighted by molar-refractivity contribution is -0.316. The average Bonchev–Trinajstić information content (AvgIpc) is 3.40. The minimum Gasteiger partial charge on any atom is -0.396 e. The van der Waals surface area contributed by atoms with E-state index in [4.69, 9.17) is 35.4 Å². The summed E-state index contributed by atoms with van der Waals surface area (Å²) >= 11 is 0. The number of unbranched alkanes of at least 4 members (excludes halogenated alkanes) is 42. The Morgan fingerprint density at radius 1 is 0.278 bits per heavy atom. The Bertz CT molecular complexity index is 1160. The fraction of sp³-hybridized carbons (Fsp3) is 0.970. The predicted molar refractivity (Wildman–Crippen MR) is 326 cm³/mol. The first kappa shape index (κ1) is 77.6. The molecule has 13 nitrogen and oxygen atoms in total. The number of aliphatic hydroxyl groups is 8. The normalized spacial score (nSPS) is 12.9. The number of amides is 2. The molecule has 0 bridgehead atoms. The van der Waals surface area contributed by atoms with Crippen LogP contribution in [0.3, 0.4) is 0 Å². The average molecular weight is 1130 g/mol. The molecule has 13 heteroatoms. The summed E-state index contributed by atoms with van der Waals surface area (Å²) in [7, 11) is 0. The van der Waals surface area contributed by atoms with Gasteiger partial charge in [0.2, 0.25) is 11.8 Å². The Morgan fingerprint density at radius 3 is 0.722 bits per heavy atom. The van der Waals surface area contributed by atoms with Crippen molar-refractivity contribution in [1.82, 2.24) is 10.6 Å². The SMILES string of the molecule is O=C(CCCCCCCCCCCCCCC(O)(O)O)NC(CCCO)CCCCCCCCCCCCCOCCCCCCCCCCCCCC(CCCO)NC(=O)CCCCCCCCCCCCCCC(O)(O)O. The van der Waals surface area contributed by atoms with E-state index in [1.54, 1.807) is 0 Å². The molecule has 0 aliphatic carbocycles. The first-order valence-electron chi connectivity index (χ1n) is 34.1. The summed E-state index contributed by atoms with van der Waals surface area (Å²) in [5, 5.41) is 78.9. The molecule has 0 spiro atoms. The van der Waals surface area contributed by atoms with Gasteiger partial charge in [0.1, 0.15) is 0 Å². The van der Waals surface area contributed by atoms with Gasteiger partial charge in [-0.3, -0.25) is 9.59 Å². The van der Waals surface area contributed by atoms with Crippen LogP contribution in [0.5, 0.6) is 0 Å². The number of ether oxygens (including phenoxy) is 1. The Morgan fingerprint density at radius 2 is 0.481 bits per heavy atom. The molecule has 0 heterocycles. The molecule has 0 radical (unpaired) electrons. The quantitative estimate of drug-likeness (QED) is 0.0203. The summed E-state index contributed by atoms with van der Waals surface area (Å²) < 4.78 is 5.94. The van der Waals surface area contributed by atoms with Gasteiger partial charge >= 0.3 is 0 Å². The minimum absolute atomic E-state index is 0.0166. The summed E-state index contributed by atoms with van der Waals surface area (Å²) in [5.41, 5.74) is 0. The van der Waals surface area contributed by atoms with Gasteiger partial charge in [-0.05, 0) is 77.0 Å². The fourth-order valence-corrected chi connectivity index (χ4v) is 11.2. The third-order valence-corrected chi connectivity index (χ3v) is 16.2. The van der Waals surface area contributed by atoms with Crippen LogP contribution in [0.25, 0.3) is 0 Å². The van der Waals surface area contributed by atoms with E-state index in [9.17, 15) is 19.8 Å². The van der Waals surface area contributed by atoms with Crippen molar-refractivity contribution in [1.29, 1.82) is 0 Å². The van der Waals surface area contributed by atoms with E-state index in [0.29, 0.717) is 25.7 Å². The van der Waals surface area contributed by atoms with Crippen LogP contribution in [0.4, 0.5) is 0 Å². The lowest BCUT2D eigenvalue weighted by Crippen LogP contribution is -2.34. The van der Waals surface area contributed by atoms with Gasteiger partial charge in [-0.25, -0.2) is 0 Å². The zero-order valence-corrected chi connectivity index (χ0v) is 51.4. The highest BCUT2D eigenvalue weighted by atomic mass is 16.7. The molecule has 0 saturated carbocycles. The van der Waals surface area contributed by atoms with E-state index < -0.39 is 11.9 Å². The number of aliphatic hydroxyl groups excluding tert-OH is 2. The van der Waals surface area contributed by atoms with Crippen molar-refractivity contribution in [2.24, 2.45) is 0 Å². The van der Waals surface area contributed by atoms with Crippen molar-refractivity contribution in [3.63, 3.8) is 0 Å². The van der Waals surface area contributed by atoms with Gasteiger partial charge in [0.05, 0.1) is 0 Å². The van der Waals surface area contributed by atoms with Crippen molar-refractivity contribution < 1.29 is 55.2 Å². The number of carbonyl (C=O) groups is 2. The lowest BCUT2D eigenvalue weighted by Gasteiger charge is -2.18. The Balaban J connectivity index is 3.58. The predicted octanol–water partition coefficient (Wildman–Crippen LogP) is 15.1. The van der Waals surface area contributed by atoms with E-state index >= 15 is 0 Å². The molecule has 0 fully saturated rings. The van der Waals surface area contributed by atoms with Crippen molar-refractivity contribution in [2.45, 2.75) is 384 Å². The second-order valence-electron chi connectivity index (χ2n) is 24.3. The van der Waals surface area contributed by atoms with Crippen LogP contribution in [0.15, 0.2) is 0 Å². The third kappa shape index (κ3) is 65.6. The highest BCUT2D eigenvalue weighted by Crippen LogP contribution is 2.20. The van der Waals surface area contributed by atoms with Gasteiger partial charge in [-0.15, -0.1) is 0 Å². The van der Waals surface area contributed by atoms with Gasteiger partial charge in [-0.2, -0.15) is 0 Å². The maximum Gasteiger partial charge on any atom is 0.275 e. The summed E-state index contributed by atoms with van der Waals surface area (Å²) in [6, 6.07) is 0.373. The summed E-state index contributed by atoms with van der Waals surface area (Å²) in [4.78, 5) is 25.3. The van der Waals surface area contributed by atoms with Crippen LogP contribution < -0.4 is 10.6 Å². The third-order valence-electron chi connectivity index (χ3n) is 16.2. The van der Waals surface area contributed by atoms with Crippen molar-refractivity contribution in [3.05, 3.63) is 0 Å². The topological polar surface area (TPSA) is 229 Å². The lowest BCUT2D eigenvalue weighted by atomic mass is 10.0. The molecule has 0 aromatic rings. The number of hydrogen-bond acceptors (Lipinski definition) is 11. The minimum atomic E-state index is -2.52. The highest BCUT2D eigenvalue weighted by molar-refractivity contribution is 5.76. The fourth-order valence-electron chi connectivity index (χ4n) is 11.2. The van der Waals surface area contributed by atoms with Crippen LogP contribution in [0.1, 0.15) is 360 Å².